The predicted octanol–water partition coefficient (Wildman–Crippen LogP) is -0.719. The van der Waals surface area contributed by atoms with Crippen LogP contribution in [0.5, 0.6) is 0 Å². The second-order valence-corrected chi connectivity index (χ2v) is 4.41. The average Bonchev–Trinajstić information content (AvgIpc) is 2.34. The molecule has 1 unspecified atom stereocenters. The lowest BCUT2D eigenvalue weighted by atomic mass is 9.96. The number of aliphatic carboxylic acids is 3. The fourth-order valence-corrected chi connectivity index (χ4v) is 1.25. The number of carboxylic acids is 3. The molecule has 0 amide bonds. The smallest absolute Gasteiger partial charge is 0.336 e. The Hall–Kier alpha value is -1.71. The summed E-state index contributed by atoms with van der Waals surface area (Å²) in [6.07, 6.45) is -0.257. The third kappa shape index (κ3) is 11.8. The number of aliphatic hydroxyl groups excluding tert-OH is 2. The molecule has 0 aliphatic carbocycles. The minimum atomic E-state index is -2.74. The molecular formula is C12H22O9. The van der Waals surface area contributed by atoms with Crippen molar-refractivity contribution in [2.45, 2.75) is 50.7 Å². The maximum Gasteiger partial charge on any atom is 0.336 e. The lowest BCUT2D eigenvalue weighted by molar-refractivity contribution is -0.170. The van der Waals surface area contributed by atoms with Gasteiger partial charge >= 0.3 is 17.9 Å². The van der Waals surface area contributed by atoms with Crippen molar-refractivity contribution in [1.29, 1.82) is 0 Å². The molecule has 0 bridgehead atoms. The van der Waals surface area contributed by atoms with Crippen molar-refractivity contribution >= 4 is 17.9 Å². The molecule has 0 aromatic rings. The normalized spacial score (nSPS) is 12.0. The lowest BCUT2D eigenvalue weighted by Gasteiger charge is -2.18. The topological polar surface area (TPSA) is 173 Å². The van der Waals surface area contributed by atoms with Crippen LogP contribution < -0.4 is 0 Å². The van der Waals surface area contributed by atoms with Crippen LogP contribution in [0.1, 0.15) is 39.0 Å². The van der Waals surface area contributed by atoms with Crippen molar-refractivity contribution in [2.75, 3.05) is 6.61 Å². The Bertz CT molecular complexity index is 324. The van der Waals surface area contributed by atoms with E-state index in [1.165, 1.54) is 0 Å². The van der Waals surface area contributed by atoms with Crippen molar-refractivity contribution in [3.05, 3.63) is 0 Å². The first-order valence-electron chi connectivity index (χ1n) is 6.27. The second kappa shape index (κ2) is 11.0. The number of hydrogen-bond acceptors (Lipinski definition) is 6. The fraction of sp³-hybridized carbons (Fsp3) is 0.750. The maximum atomic E-state index is 10.3. The van der Waals surface area contributed by atoms with E-state index in [1.807, 2.05) is 6.92 Å². The van der Waals surface area contributed by atoms with E-state index in [9.17, 15) is 14.4 Å². The van der Waals surface area contributed by atoms with E-state index in [2.05, 4.69) is 0 Å². The number of hydrogen-bond donors (Lipinski definition) is 6. The first-order valence-corrected chi connectivity index (χ1v) is 6.27. The summed E-state index contributed by atoms with van der Waals surface area (Å²) < 4.78 is 0. The molecule has 0 aromatic carbocycles. The summed E-state index contributed by atoms with van der Waals surface area (Å²) in [6.45, 7) is 2.12. The Morgan fingerprint density at radius 2 is 1.48 bits per heavy atom. The van der Waals surface area contributed by atoms with Gasteiger partial charge in [0, 0.05) is 6.61 Å². The van der Waals surface area contributed by atoms with Gasteiger partial charge in [0.05, 0.1) is 18.9 Å². The van der Waals surface area contributed by atoms with Crippen molar-refractivity contribution < 1.29 is 45.0 Å². The second-order valence-electron chi connectivity index (χ2n) is 4.41. The Morgan fingerprint density at radius 1 is 1.05 bits per heavy atom. The van der Waals surface area contributed by atoms with Crippen molar-refractivity contribution in [2.24, 2.45) is 0 Å². The molecule has 9 nitrogen and oxygen atoms in total. The summed E-state index contributed by atoms with van der Waals surface area (Å²) in [6, 6.07) is 0. The van der Waals surface area contributed by atoms with E-state index < -0.39 is 36.4 Å². The molecule has 0 saturated heterocycles. The zero-order chi connectivity index (χ0) is 17.1. The first kappa shape index (κ1) is 21.6. The molecule has 0 heterocycles. The SMILES string of the molecule is CCC(O)CCCO.O=C(O)CC(O)(CC(=O)O)C(=O)O. The number of aliphatic hydroxyl groups is 3. The maximum absolute atomic E-state index is 10.3. The van der Waals surface area contributed by atoms with Crippen LogP contribution in [0.4, 0.5) is 0 Å². The summed E-state index contributed by atoms with van der Waals surface area (Å²) in [7, 11) is 0. The molecule has 124 valence electrons. The highest BCUT2D eigenvalue weighted by molar-refractivity contribution is 5.88. The van der Waals surface area contributed by atoms with Gasteiger partial charge in [-0.3, -0.25) is 9.59 Å². The summed E-state index contributed by atoms with van der Waals surface area (Å²) in [5.74, 6) is -5.02. The molecule has 0 spiro atoms. The number of carbonyl (C=O) groups is 3. The Kier molecular flexibility index (Phi) is 11.3. The van der Waals surface area contributed by atoms with Crippen LogP contribution in [0.2, 0.25) is 0 Å². The van der Waals surface area contributed by atoms with Gasteiger partial charge in [-0.2, -0.15) is 0 Å². The quantitative estimate of drug-likeness (QED) is 0.321. The lowest BCUT2D eigenvalue weighted by Crippen LogP contribution is -2.42. The molecule has 0 aliphatic heterocycles. The highest BCUT2D eigenvalue weighted by Crippen LogP contribution is 2.15. The average molecular weight is 310 g/mol. The van der Waals surface area contributed by atoms with Crippen LogP contribution in [0.3, 0.4) is 0 Å². The van der Waals surface area contributed by atoms with E-state index in [-0.39, 0.29) is 12.7 Å². The molecule has 6 N–H and O–H groups in total. The Balaban J connectivity index is 0. The van der Waals surface area contributed by atoms with Crippen molar-refractivity contribution in [3.8, 4) is 0 Å². The molecule has 0 fully saturated rings. The number of rotatable bonds is 9. The molecule has 9 heteroatoms. The first-order chi connectivity index (χ1) is 9.58. The van der Waals surface area contributed by atoms with Crippen LogP contribution in [-0.2, 0) is 14.4 Å². The molecular weight excluding hydrogens is 288 g/mol. The van der Waals surface area contributed by atoms with Gasteiger partial charge in [-0.15, -0.1) is 0 Å². The monoisotopic (exact) mass is 310 g/mol. The van der Waals surface area contributed by atoms with Gasteiger partial charge in [-0.05, 0) is 19.3 Å². The van der Waals surface area contributed by atoms with Crippen LogP contribution >= 0.6 is 0 Å². The van der Waals surface area contributed by atoms with E-state index >= 15 is 0 Å². The van der Waals surface area contributed by atoms with E-state index in [0.29, 0.717) is 0 Å². The minimum Gasteiger partial charge on any atom is -0.481 e. The third-order valence-corrected chi connectivity index (χ3v) is 2.45. The molecule has 0 radical (unpaired) electrons. The van der Waals surface area contributed by atoms with Gasteiger partial charge < -0.3 is 30.6 Å². The number of carboxylic acid groups (broad SMARTS) is 3. The zero-order valence-electron chi connectivity index (χ0n) is 11.7. The largest absolute Gasteiger partial charge is 0.481 e. The molecule has 21 heavy (non-hydrogen) atoms. The highest BCUT2D eigenvalue weighted by atomic mass is 16.4. The van der Waals surface area contributed by atoms with Crippen LogP contribution in [0.25, 0.3) is 0 Å². The molecule has 0 saturated carbocycles. The summed E-state index contributed by atoms with van der Waals surface area (Å²) in [5, 5.41) is 51.0. The van der Waals surface area contributed by atoms with Crippen molar-refractivity contribution in [3.63, 3.8) is 0 Å². The summed E-state index contributed by atoms with van der Waals surface area (Å²) in [4.78, 5) is 30.5. The molecule has 0 aromatic heterocycles. The third-order valence-electron chi connectivity index (χ3n) is 2.45. The van der Waals surface area contributed by atoms with E-state index in [1.54, 1.807) is 0 Å². The van der Waals surface area contributed by atoms with Crippen molar-refractivity contribution in [1.82, 2.24) is 0 Å². The molecule has 0 aliphatic rings. The van der Waals surface area contributed by atoms with E-state index in [4.69, 9.17) is 30.6 Å². The van der Waals surface area contributed by atoms with Gasteiger partial charge in [0.2, 0.25) is 0 Å². The Labute approximate surface area is 121 Å². The van der Waals surface area contributed by atoms with Gasteiger partial charge in [0.1, 0.15) is 0 Å². The minimum absolute atomic E-state index is 0.192. The standard InChI is InChI=1S/C6H8O7.C6H14O2/c7-3(8)1-6(13,5(11)12)2-4(9)10;1-2-6(8)4-3-5-7/h13H,1-2H2,(H,7,8)(H,9,10)(H,11,12);6-8H,2-5H2,1H3. The van der Waals surface area contributed by atoms with Crippen LogP contribution in [-0.4, -0.2) is 66.9 Å². The predicted molar refractivity (Wildman–Crippen MR) is 69.7 cm³/mol. The van der Waals surface area contributed by atoms with Gasteiger partial charge in [-0.1, -0.05) is 6.92 Å². The highest BCUT2D eigenvalue weighted by Gasteiger charge is 2.40. The van der Waals surface area contributed by atoms with Gasteiger partial charge in [-0.25, -0.2) is 4.79 Å². The molecule has 0 rings (SSSR count). The van der Waals surface area contributed by atoms with Gasteiger partial charge in [0.25, 0.3) is 0 Å². The summed E-state index contributed by atoms with van der Waals surface area (Å²) in [5.41, 5.74) is -2.74. The zero-order valence-corrected chi connectivity index (χ0v) is 11.7. The van der Waals surface area contributed by atoms with Crippen LogP contribution in [0.15, 0.2) is 0 Å². The fourth-order valence-electron chi connectivity index (χ4n) is 1.25. The van der Waals surface area contributed by atoms with Crippen LogP contribution in [0, 0.1) is 0 Å². The molecule has 1 atom stereocenters. The van der Waals surface area contributed by atoms with E-state index in [0.717, 1.165) is 19.3 Å². The Morgan fingerprint density at radius 3 is 1.71 bits per heavy atom. The van der Waals surface area contributed by atoms with Gasteiger partial charge in [0.15, 0.2) is 5.60 Å². The summed E-state index contributed by atoms with van der Waals surface area (Å²) >= 11 is 0.